The third kappa shape index (κ3) is 4.61. The third-order valence-corrected chi connectivity index (χ3v) is 4.04. The molecule has 1 fully saturated rings. The van der Waals surface area contributed by atoms with Crippen LogP contribution in [0.15, 0.2) is 18.2 Å². The van der Waals surface area contributed by atoms with Gasteiger partial charge in [0.1, 0.15) is 6.61 Å². The predicted octanol–water partition coefficient (Wildman–Crippen LogP) is 3.10. The van der Waals surface area contributed by atoms with Crippen LogP contribution in [0.3, 0.4) is 0 Å². The van der Waals surface area contributed by atoms with Crippen molar-refractivity contribution in [3.63, 3.8) is 0 Å². The second kappa shape index (κ2) is 7.28. The summed E-state index contributed by atoms with van der Waals surface area (Å²) in [7, 11) is 0. The van der Waals surface area contributed by atoms with Gasteiger partial charge in [0.05, 0.1) is 0 Å². The molecule has 1 amide bonds. The van der Waals surface area contributed by atoms with Crippen molar-refractivity contribution in [2.45, 2.75) is 39.5 Å². The summed E-state index contributed by atoms with van der Waals surface area (Å²) in [5, 5.41) is 11.8. The molecule has 0 radical (unpaired) electrons. The number of carbonyl (C=O) groups excluding carboxylic acids is 1. The van der Waals surface area contributed by atoms with Crippen LogP contribution in [0.25, 0.3) is 0 Å². The van der Waals surface area contributed by atoms with E-state index in [0.29, 0.717) is 0 Å². The van der Waals surface area contributed by atoms with Gasteiger partial charge in [-0.3, -0.25) is 4.79 Å². The average Bonchev–Trinajstić information content (AvgIpc) is 2.45. The smallest absolute Gasteiger partial charge is 0.227 e. The Hall–Kier alpha value is -1.79. The SMILES string of the molecule is Cc1cc(C#CCO)cc(NC(=O)C2CCC(C)CC2)c1. The monoisotopic (exact) mass is 285 g/mol. The van der Waals surface area contributed by atoms with E-state index < -0.39 is 0 Å². The van der Waals surface area contributed by atoms with E-state index in [2.05, 4.69) is 24.1 Å². The molecule has 0 bridgehead atoms. The Morgan fingerprint density at radius 1 is 1.29 bits per heavy atom. The van der Waals surface area contributed by atoms with Crippen LogP contribution >= 0.6 is 0 Å². The number of carbonyl (C=O) groups is 1. The van der Waals surface area contributed by atoms with Gasteiger partial charge in [0.2, 0.25) is 5.91 Å². The van der Waals surface area contributed by atoms with E-state index >= 15 is 0 Å². The van der Waals surface area contributed by atoms with Gasteiger partial charge < -0.3 is 10.4 Å². The number of aliphatic hydroxyl groups excluding tert-OH is 1. The Kier molecular flexibility index (Phi) is 5.41. The van der Waals surface area contributed by atoms with Crippen LogP contribution in [-0.2, 0) is 4.79 Å². The Labute approximate surface area is 126 Å². The standard InChI is InChI=1S/C18H23NO2/c1-13-5-7-16(8-6-13)18(21)19-17-11-14(2)10-15(12-17)4-3-9-20/h10-13,16,20H,5-9H2,1-2H3,(H,19,21). The lowest BCUT2D eigenvalue weighted by molar-refractivity contribution is -0.121. The summed E-state index contributed by atoms with van der Waals surface area (Å²) in [4.78, 5) is 12.3. The highest BCUT2D eigenvalue weighted by molar-refractivity contribution is 5.92. The number of rotatable bonds is 2. The summed E-state index contributed by atoms with van der Waals surface area (Å²) in [6, 6.07) is 5.76. The Morgan fingerprint density at radius 2 is 2.00 bits per heavy atom. The number of amides is 1. The lowest BCUT2D eigenvalue weighted by Crippen LogP contribution is -2.26. The summed E-state index contributed by atoms with van der Waals surface area (Å²) in [6.45, 7) is 4.07. The Morgan fingerprint density at radius 3 is 2.67 bits per heavy atom. The molecule has 21 heavy (non-hydrogen) atoms. The molecule has 0 unspecified atom stereocenters. The second-order valence-electron chi connectivity index (χ2n) is 5.99. The molecule has 3 nitrogen and oxygen atoms in total. The van der Waals surface area contributed by atoms with E-state index in [9.17, 15) is 4.79 Å². The first-order valence-electron chi connectivity index (χ1n) is 7.60. The molecule has 3 heteroatoms. The van der Waals surface area contributed by atoms with E-state index in [1.165, 1.54) is 0 Å². The van der Waals surface area contributed by atoms with Gasteiger partial charge in [-0.25, -0.2) is 0 Å². The molecular formula is C18H23NO2. The molecule has 112 valence electrons. The molecule has 1 aromatic carbocycles. The molecule has 2 N–H and O–H groups in total. The highest BCUT2D eigenvalue weighted by Crippen LogP contribution is 2.29. The van der Waals surface area contributed by atoms with Gasteiger partial charge in [-0.2, -0.15) is 0 Å². The van der Waals surface area contributed by atoms with Crippen molar-refractivity contribution in [2.24, 2.45) is 11.8 Å². The molecule has 1 saturated carbocycles. The van der Waals surface area contributed by atoms with Crippen LogP contribution in [-0.4, -0.2) is 17.6 Å². The first-order valence-corrected chi connectivity index (χ1v) is 7.60. The fraction of sp³-hybridized carbons (Fsp3) is 0.500. The number of anilines is 1. The molecule has 0 heterocycles. The zero-order valence-electron chi connectivity index (χ0n) is 12.8. The van der Waals surface area contributed by atoms with Crippen molar-refractivity contribution in [1.29, 1.82) is 0 Å². The third-order valence-electron chi connectivity index (χ3n) is 4.04. The van der Waals surface area contributed by atoms with Gasteiger partial charge in [-0.1, -0.05) is 18.8 Å². The fourth-order valence-electron chi connectivity index (χ4n) is 2.84. The first-order chi connectivity index (χ1) is 10.1. The lowest BCUT2D eigenvalue weighted by Gasteiger charge is -2.25. The Bertz CT molecular complexity index is 560. The van der Waals surface area contributed by atoms with Crippen LogP contribution in [0.4, 0.5) is 5.69 Å². The van der Waals surface area contributed by atoms with Crippen LogP contribution in [0.5, 0.6) is 0 Å². The molecule has 1 aliphatic rings. The second-order valence-corrected chi connectivity index (χ2v) is 5.99. The quantitative estimate of drug-likeness (QED) is 0.820. The number of aryl methyl sites for hydroxylation is 1. The maximum absolute atomic E-state index is 12.3. The number of nitrogens with one attached hydrogen (secondary N) is 1. The minimum absolute atomic E-state index is 0.119. The number of aliphatic hydroxyl groups is 1. The van der Waals surface area contributed by atoms with Crippen LogP contribution in [0.2, 0.25) is 0 Å². The van der Waals surface area contributed by atoms with Gasteiger partial charge >= 0.3 is 0 Å². The molecule has 0 atom stereocenters. The van der Waals surface area contributed by atoms with Crippen molar-refractivity contribution in [3.05, 3.63) is 29.3 Å². The van der Waals surface area contributed by atoms with Crippen LogP contribution in [0.1, 0.15) is 43.7 Å². The molecule has 0 aromatic heterocycles. The normalized spacial score (nSPS) is 21.3. The fourth-order valence-corrected chi connectivity index (χ4v) is 2.84. The maximum Gasteiger partial charge on any atom is 0.227 e. The van der Waals surface area contributed by atoms with E-state index in [-0.39, 0.29) is 18.4 Å². The molecular weight excluding hydrogens is 262 g/mol. The Balaban J connectivity index is 2.05. The minimum Gasteiger partial charge on any atom is -0.384 e. The zero-order valence-corrected chi connectivity index (χ0v) is 12.8. The van der Waals surface area contributed by atoms with Crippen molar-refractivity contribution < 1.29 is 9.90 Å². The predicted molar refractivity (Wildman–Crippen MR) is 84.9 cm³/mol. The number of hydrogen-bond donors (Lipinski definition) is 2. The number of hydrogen-bond acceptors (Lipinski definition) is 2. The lowest BCUT2D eigenvalue weighted by atomic mass is 9.82. The van der Waals surface area contributed by atoms with Crippen LogP contribution < -0.4 is 5.32 Å². The average molecular weight is 285 g/mol. The van der Waals surface area contributed by atoms with Gasteiger partial charge in [-0.15, -0.1) is 0 Å². The van der Waals surface area contributed by atoms with Gasteiger partial charge in [0, 0.05) is 17.2 Å². The number of benzene rings is 1. The summed E-state index contributed by atoms with van der Waals surface area (Å²) < 4.78 is 0. The highest BCUT2D eigenvalue weighted by atomic mass is 16.2. The maximum atomic E-state index is 12.3. The van der Waals surface area contributed by atoms with E-state index in [4.69, 9.17) is 5.11 Å². The van der Waals surface area contributed by atoms with Gasteiger partial charge in [0.25, 0.3) is 0 Å². The van der Waals surface area contributed by atoms with E-state index in [1.807, 2.05) is 25.1 Å². The first kappa shape index (κ1) is 15.6. The van der Waals surface area contributed by atoms with Crippen LogP contribution in [0, 0.1) is 30.6 Å². The largest absolute Gasteiger partial charge is 0.384 e. The van der Waals surface area contributed by atoms with Crippen molar-refractivity contribution >= 4 is 11.6 Å². The zero-order chi connectivity index (χ0) is 15.2. The topological polar surface area (TPSA) is 49.3 Å². The van der Waals surface area contributed by atoms with Crippen molar-refractivity contribution in [1.82, 2.24) is 0 Å². The summed E-state index contributed by atoms with van der Waals surface area (Å²) in [5.41, 5.74) is 2.66. The molecule has 1 aliphatic carbocycles. The van der Waals surface area contributed by atoms with Gasteiger partial charge in [0.15, 0.2) is 0 Å². The minimum atomic E-state index is -0.157. The summed E-state index contributed by atoms with van der Waals surface area (Å²) >= 11 is 0. The molecule has 0 spiro atoms. The summed E-state index contributed by atoms with van der Waals surface area (Å²) in [6.07, 6.45) is 4.24. The van der Waals surface area contributed by atoms with Gasteiger partial charge in [-0.05, 0) is 62.3 Å². The van der Waals surface area contributed by atoms with E-state index in [0.717, 1.165) is 48.4 Å². The van der Waals surface area contributed by atoms with Crippen molar-refractivity contribution in [2.75, 3.05) is 11.9 Å². The molecule has 0 saturated heterocycles. The molecule has 2 rings (SSSR count). The highest BCUT2D eigenvalue weighted by Gasteiger charge is 2.24. The molecule has 1 aromatic rings. The summed E-state index contributed by atoms with van der Waals surface area (Å²) in [5.74, 6) is 6.51. The molecule has 0 aliphatic heterocycles. The van der Waals surface area contributed by atoms with E-state index in [1.54, 1.807) is 0 Å². The van der Waals surface area contributed by atoms with Crippen molar-refractivity contribution in [3.8, 4) is 11.8 Å².